The number of carbonyl (C=O) groups excluding carboxylic acids is 3. The van der Waals surface area contributed by atoms with Crippen molar-refractivity contribution < 1.29 is 29.0 Å². The molecule has 1 N–H and O–H groups in total. The molecule has 1 unspecified atom stereocenters. The molecule has 150 valence electrons. The third kappa shape index (κ3) is 3.99. The maximum absolute atomic E-state index is 12.8. The van der Waals surface area contributed by atoms with Crippen molar-refractivity contribution in [2.75, 3.05) is 20.3 Å². The van der Waals surface area contributed by atoms with E-state index in [4.69, 9.17) is 4.74 Å². The molecule has 1 amide bonds. The number of methoxy groups -OCH3 is 1. The number of rotatable bonds is 6. The molecule has 1 aliphatic heterocycles. The van der Waals surface area contributed by atoms with Gasteiger partial charge in [0.05, 0.1) is 25.3 Å². The van der Waals surface area contributed by atoms with Gasteiger partial charge in [-0.25, -0.2) is 0 Å². The van der Waals surface area contributed by atoms with Crippen molar-refractivity contribution >= 4 is 23.4 Å². The predicted octanol–water partition coefficient (Wildman–Crippen LogP) is 2.68. The Balaban J connectivity index is 2.13. The van der Waals surface area contributed by atoms with E-state index < -0.39 is 30.2 Å². The molecule has 2 aromatic carbocycles. The summed E-state index contributed by atoms with van der Waals surface area (Å²) in [5.41, 5.74) is 0.891. The van der Waals surface area contributed by atoms with E-state index >= 15 is 0 Å². The Morgan fingerprint density at radius 3 is 2.31 bits per heavy atom. The number of ketones is 1. The minimum atomic E-state index is -0.926. The van der Waals surface area contributed by atoms with Crippen molar-refractivity contribution in [3.63, 3.8) is 0 Å². The summed E-state index contributed by atoms with van der Waals surface area (Å²) >= 11 is 0. The number of benzene rings is 2. The van der Waals surface area contributed by atoms with Gasteiger partial charge in [-0.05, 0) is 24.6 Å². The van der Waals surface area contributed by atoms with Gasteiger partial charge in [-0.1, -0.05) is 42.5 Å². The van der Waals surface area contributed by atoms with E-state index in [2.05, 4.69) is 4.74 Å². The fraction of sp³-hybridized carbons (Fsp3) is 0.227. The van der Waals surface area contributed by atoms with E-state index in [0.29, 0.717) is 23.5 Å². The Labute approximate surface area is 168 Å². The number of hydrogen-bond acceptors (Lipinski definition) is 6. The highest BCUT2D eigenvalue weighted by Gasteiger charge is 2.46. The molecular formula is C22H21NO6. The van der Waals surface area contributed by atoms with Gasteiger partial charge in [0.1, 0.15) is 18.1 Å². The lowest BCUT2D eigenvalue weighted by molar-refractivity contribution is -0.148. The molecule has 7 nitrogen and oxygen atoms in total. The molecule has 1 saturated heterocycles. The van der Waals surface area contributed by atoms with Crippen LogP contribution in [0.3, 0.4) is 0 Å². The number of likely N-dealkylation sites (tertiary alicyclic amines) is 1. The van der Waals surface area contributed by atoms with E-state index in [1.165, 1.54) is 7.11 Å². The lowest BCUT2D eigenvalue weighted by atomic mass is 9.95. The van der Waals surface area contributed by atoms with Crippen LogP contribution in [0.25, 0.3) is 5.76 Å². The first-order valence-electron chi connectivity index (χ1n) is 9.11. The maximum Gasteiger partial charge on any atom is 0.325 e. The summed E-state index contributed by atoms with van der Waals surface area (Å²) in [7, 11) is 1.20. The highest BCUT2D eigenvalue weighted by Crippen LogP contribution is 2.39. The van der Waals surface area contributed by atoms with E-state index in [0.717, 1.165) is 4.90 Å². The summed E-state index contributed by atoms with van der Waals surface area (Å²) in [6, 6.07) is 14.4. The normalized spacial score (nSPS) is 18.0. The zero-order valence-electron chi connectivity index (χ0n) is 16.1. The molecule has 0 spiro atoms. The Morgan fingerprint density at radius 1 is 1.07 bits per heavy atom. The number of esters is 1. The lowest BCUT2D eigenvalue weighted by Crippen LogP contribution is -2.35. The highest BCUT2D eigenvalue weighted by molar-refractivity contribution is 6.46. The molecule has 29 heavy (non-hydrogen) atoms. The van der Waals surface area contributed by atoms with Crippen LogP contribution in [0.2, 0.25) is 0 Å². The Bertz CT molecular complexity index is 949. The van der Waals surface area contributed by atoms with Gasteiger partial charge < -0.3 is 19.5 Å². The van der Waals surface area contributed by atoms with Gasteiger partial charge in [0.15, 0.2) is 0 Å². The molecule has 1 heterocycles. The third-order valence-corrected chi connectivity index (χ3v) is 4.62. The van der Waals surface area contributed by atoms with E-state index in [-0.39, 0.29) is 11.3 Å². The van der Waals surface area contributed by atoms with Crippen molar-refractivity contribution in [1.82, 2.24) is 4.90 Å². The molecule has 1 atom stereocenters. The molecule has 7 heteroatoms. The number of aliphatic hydroxyl groups excluding tert-OH is 1. The number of ether oxygens (including phenoxy) is 2. The fourth-order valence-electron chi connectivity index (χ4n) is 3.26. The van der Waals surface area contributed by atoms with Crippen LogP contribution in [0, 0.1) is 0 Å². The molecule has 3 rings (SSSR count). The summed E-state index contributed by atoms with van der Waals surface area (Å²) in [5.74, 6) is -2.05. The van der Waals surface area contributed by atoms with Crippen LogP contribution in [0.15, 0.2) is 60.2 Å². The smallest absolute Gasteiger partial charge is 0.325 e. The SMILES string of the molecule is CCOc1ccc(C2C(=C(O)c3ccccc3)C(=O)C(=O)N2CC(=O)OC)cc1. The van der Waals surface area contributed by atoms with Crippen molar-refractivity contribution in [1.29, 1.82) is 0 Å². The van der Waals surface area contributed by atoms with E-state index in [1.807, 2.05) is 6.92 Å². The minimum Gasteiger partial charge on any atom is -0.507 e. The first kappa shape index (κ1) is 20.1. The summed E-state index contributed by atoms with van der Waals surface area (Å²) < 4.78 is 10.1. The molecule has 2 aromatic rings. The van der Waals surface area contributed by atoms with E-state index in [1.54, 1.807) is 54.6 Å². The lowest BCUT2D eigenvalue weighted by Gasteiger charge is -2.24. The van der Waals surface area contributed by atoms with Crippen LogP contribution in [0.5, 0.6) is 5.75 Å². The van der Waals surface area contributed by atoms with Gasteiger partial charge in [-0.2, -0.15) is 0 Å². The quantitative estimate of drug-likeness (QED) is 0.350. The van der Waals surface area contributed by atoms with Crippen molar-refractivity contribution in [2.45, 2.75) is 13.0 Å². The number of amides is 1. The second-order valence-electron chi connectivity index (χ2n) is 6.37. The second-order valence-corrected chi connectivity index (χ2v) is 6.37. The Hall–Kier alpha value is -3.61. The van der Waals surface area contributed by atoms with Gasteiger partial charge in [0.25, 0.3) is 11.7 Å². The van der Waals surface area contributed by atoms with Gasteiger partial charge in [0.2, 0.25) is 0 Å². The molecule has 1 fully saturated rings. The number of nitrogens with zero attached hydrogens (tertiary/aromatic N) is 1. The molecule has 1 aliphatic rings. The van der Waals surface area contributed by atoms with Crippen LogP contribution >= 0.6 is 0 Å². The standard InChI is InChI=1S/C22H21NO6/c1-3-29-16-11-9-14(10-12-16)19-18(20(25)15-7-5-4-6-8-15)21(26)22(27)23(19)13-17(24)28-2/h4-12,19,25H,3,13H2,1-2H3. The Kier molecular flexibility index (Phi) is 5.97. The monoisotopic (exact) mass is 395 g/mol. The van der Waals surface area contributed by atoms with Gasteiger partial charge in [0, 0.05) is 5.56 Å². The van der Waals surface area contributed by atoms with E-state index in [9.17, 15) is 19.5 Å². The summed E-state index contributed by atoms with van der Waals surface area (Å²) in [4.78, 5) is 38.4. The topological polar surface area (TPSA) is 93.1 Å². The Morgan fingerprint density at radius 2 is 1.72 bits per heavy atom. The van der Waals surface area contributed by atoms with Crippen molar-refractivity contribution in [2.24, 2.45) is 0 Å². The summed E-state index contributed by atoms with van der Waals surface area (Å²) in [6.45, 7) is 1.94. The molecule has 0 aromatic heterocycles. The van der Waals surface area contributed by atoms with Crippen LogP contribution in [0.1, 0.15) is 24.1 Å². The molecule has 0 bridgehead atoms. The molecule has 0 aliphatic carbocycles. The molecule has 0 saturated carbocycles. The van der Waals surface area contributed by atoms with Gasteiger partial charge in [-0.3, -0.25) is 14.4 Å². The fourth-order valence-corrected chi connectivity index (χ4v) is 3.26. The summed E-state index contributed by atoms with van der Waals surface area (Å²) in [5, 5.41) is 10.8. The van der Waals surface area contributed by atoms with Gasteiger partial charge >= 0.3 is 5.97 Å². The molecule has 0 radical (unpaired) electrons. The predicted molar refractivity (Wildman–Crippen MR) is 105 cm³/mol. The first-order valence-corrected chi connectivity index (χ1v) is 9.11. The average Bonchev–Trinajstić information content (AvgIpc) is 2.99. The first-order chi connectivity index (χ1) is 14.0. The van der Waals surface area contributed by atoms with Crippen molar-refractivity contribution in [3.05, 3.63) is 71.3 Å². The number of carbonyl (C=O) groups is 3. The number of aliphatic hydroxyl groups is 1. The second kappa shape index (κ2) is 8.60. The largest absolute Gasteiger partial charge is 0.507 e. The van der Waals surface area contributed by atoms with Crippen LogP contribution < -0.4 is 4.74 Å². The zero-order valence-corrected chi connectivity index (χ0v) is 16.1. The highest BCUT2D eigenvalue weighted by atomic mass is 16.5. The average molecular weight is 395 g/mol. The van der Waals surface area contributed by atoms with Gasteiger partial charge in [-0.15, -0.1) is 0 Å². The maximum atomic E-state index is 12.8. The van der Waals surface area contributed by atoms with Crippen LogP contribution in [-0.2, 0) is 19.1 Å². The minimum absolute atomic E-state index is 0.0748. The van der Waals surface area contributed by atoms with Crippen molar-refractivity contribution in [3.8, 4) is 5.75 Å². The number of hydrogen-bond donors (Lipinski definition) is 1. The third-order valence-electron chi connectivity index (χ3n) is 4.62. The summed E-state index contributed by atoms with van der Waals surface area (Å²) in [6.07, 6.45) is 0. The number of Topliss-reactive ketones (excluding diaryl/α,β-unsaturated/α-hetero) is 1. The van der Waals surface area contributed by atoms with Crippen LogP contribution in [0.4, 0.5) is 0 Å². The van der Waals surface area contributed by atoms with Crippen LogP contribution in [-0.4, -0.2) is 47.9 Å². The molecular weight excluding hydrogens is 374 g/mol. The zero-order chi connectivity index (χ0) is 21.0.